The van der Waals surface area contributed by atoms with Crippen LogP contribution in [0.2, 0.25) is 0 Å². The Morgan fingerprint density at radius 1 is 1.14 bits per heavy atom. The molecule has 1 amide bonds. The van der Waals surface area contributed by atoms with Crippen molar-refractivity contribution < 1.29 is 22.7 Å². The lowest BCUT2D eigenvalue weighted by Crippen LogP contribution is -2.35. The van der Waals surface area contributed by atoms with Crippen molar-refractivity contribution in [3.05, 3.63) is 54.1 Å². The standard InChI is InChI=1S/C20H21F3N4O2/c21-20(22,23)29-17-6-2-1-5-16(17)26-19(24)25-13-14-8-10-15(11-9-14)27-12-4-3-7-18(27)28/h1-2,5-6,8-11H,3-4,7,12-13H2,(H3,24,25,26). The Balaban J connectivity index is 1.62. The van der Waals surface area contributed by atoms with E-state index in [1.165, 1.54) is 18.2 Å². The Labute approximate surface area is 166 Å². The molecule has 3 N–H and O–H groups in total. The lowest BCUT2D eigenvalue weighted by molar-refractivity contribution is -0.274. The number of anilines is 2. The largest absolute Gasteiger partial charge is 0.573 e. The van der Waals surface area contributed by atoms with E-state index >= 15 is 0 Å². The molecule has 3 rings (SSSR count). The summed E-state index contributed by atoms with van der Waals surface area (Å²) in [7, 11) is 0. The van der Waals surface area contributed by atoms with Gasteiger partial charge in [0.15, 0.2) is 11.7 Å². The van der Waals surface area contributed by atoms with E-state index in [4.69, 9.17) is 5.73 Å². The zero-order valence-corrected chi connectivity index (χ0v) is 15.6. The number of halogens is 3. The maximum Gasteiger partial charge on any atom is 0.573 e. The maximum atomic E-state index is 12.5. The minimum Gasteiger partial charge on any atom is -0.404 e. The van der Waals surface area contributed by atoms with Gasteiger partial charge in [-0.3, -0.25) is 4.79 Å². The number of benzene rings is 2. The molecule has 1 aliphatic rings. The van der Waals surface area contributed by atoms with Crippen molar-refractivity contribution in [2.75, 3.05) is 16.8 Å². The number of carbonyl (C=O) groups is 1. The summed E-state index contributed by atoms with van der Waals surface area (Å²) in [5, 5.41) is 2.62. The van der Waals surface area contributed by atoms with Crippen molar-refractivity contribution in [3.63, 3.8) is 0 Å². The zero-order chi connectivity index (χ0) is 20.9. The van der Waals surface area contributed by atoms with E-state index in [2.05, 4.69) is 15.0 Å². The summed E-state index contributed by atoms with van der Waals surface area (Å²) in [6.45, 7) is 0.946. The van der Waals surface area contributed by atoms with E-state index in [0.717, 1.165) is 24.1 Å². The summed E-state index contributed by atoms with van der Waals surface area (Å²) >= 11 is 0. The third kappa shape index (κ3) is 5.87. The van der Waals surface area contributed by atoms with Crippen molar-refractivity contribution in [2.45, 2.75) is 32.2 Å². The Morgan fingerprint density at radius 2 is 1.86 bits per heavy atom. The Kier molecular flexibility index (Phi) is 6.26. The molecule has 1 fully saturated rings. The number of nitrogens with zero attached hydrogens (tertiary/aromatic N) is 2. The topological polar surface area (TPSA) is 80.0 Å². The van der Waals surface area contributed by atoms with Crippen LogP contribution in [0, 0.1) is 0 Å². The predicted molar refractivity (Wildman–Crippen MR) is 105 cm³/mol. The molecule has 1 saturated heterocycles. The fraction of sp³-hybridized carbons (Fsp3) is 0.300. The highest BCUT2D eigenvalue weighted by Gasteiger charge is 2.32. The molecule has 6 nitrogen and oxygen atoms in total. The van der Waals surface area contributed by atoms with Gasteiger partial charge < -0.3 is 20.7 Å². The minimum atomic E-state index is -4.80. The second-order valence-electron chi connectivity index (χ2n) is 6.54. The molecule has 0 spiro atoms. The molecule has 9 heteroatoms. The highest BCUT2D eigenvalue weighted by molar-refractivity contribution is 5.94. The SMILES string of the molecule is NC(=NCc1ccc(N2CCCCC2=O)cc1)Nc1ccccc1OC(F)(F)F. The van der Waals surface area contributed by atoms with Crippen LogP contribution in [0.1, 0.15) is 24.8 Å². The van der Waals surface area contributed by atoms with Gasteiger partial charge in [0.05, 0.1) is 12.2 Å². The third-order valence-corrected chi connectivity index (χ3v) is 4.38. The molecule has 1 aliphatic heterocycles. The third-order valence-electron chi connectivity index (χ3n) is 4.38. The summed E-state index contributed by atoms with van der Waals surface area (Å²) < 4.78 is 41.4. The second kappa shape index (κ2) is 8.85. The van der Waals surface area contributed by atoms with Gasteiger partial charge in [-0.2, -0.15) is 0 Å². The number of nitrogens with two attached hydrogens (primary N) is 1. The predicted octanol–water partition coefficient (Wildman–Crippen LogP) is 4.03. The molecule has 0 radical (unpaired) electrons. The summed E-state index contributed by atoms with van der Waals surface area (Å²) in [5.74, 6) is -0.317. The molecule has 29 heavy (non-hydrogen) atoms. The van der Waals surface area contributed by atoms with Crippen LogP contribution in [0.3, 0.4) is 0 Å². The zero-order valence-electron chi connectivity index (χ0n) is 15.6. The number of hydrogen-bond acceptors (Lipinski definition) is 3. The number of ether oxygens (including phenoxy) is 1. The van der Waals surface area contributed by atoms with Crippen LogP contribution in [0.15, 0.2) is 53.5 Å². The molecule has 0 unspecified atom stereocenters. The molecule has 0 aromatic heterocycles. The number of carbonyl (C=O) groups excluding carboxylic acids is 1. The highest BCUT2D eigenvalue weighted by Crippen LogP contribution is 2.29. The molecule has 0 bridgehead atoms. The van der Waals surface area contributed by atoms with E-state index in [9.17, 15) is 18.0 Å². The van der Waals surface area contributed by atoms with E-state index in [1.807, 2.05) is 24.3 Å². The van der Waals surface area contributed by atoms with Gasteiger partial charge in [0.2, 0.25) is 5.91 Å². The Bertz CT molecular complexity index is 882. The molecule has 0 saturated carbocycles. The van der Waals surface area contributed by atoms with Gasteiger partial charge in [0, 0.05) is 18.7 Å². The van der Waals surface area contributed by atoms with Crippen LogP contribution in [0.4, 0.5) is 24.5 Å². The van der Waals surface area contributed by atoms with Crippen LogP contribution in [-0.4, -0.2) is 24.8 Å². The second-order valence-corrected chi connectivity index (χ2v) is 6.54. The van der Waals surface area contributed by atoms with E-state index in [-0.39, 0.29) is 24.1 Å². The van der Waals surface area contributed by atoms with Gasteiger partial charge in [0.1, 0.15) is 0 Å². The summed E-state index contributed by atoms with van der Waals surface area (Å²) in [4.78, 5) is 17.9. The first-order valence-electron chi connectivity index (χ1n) is 9.13. The summed E-state index contributed by atoms with van der Waals surface area (Å²) in [6.07, 6.45) is -2.33. The van der Waals surface area contributed by atoms with Gasteiger partial charge >= 0.3 is 6.36 Å². The van der Waals surface area contributed by atoms with Gasteiger partial charge in [-0.05, 0) is 42.7 Å². The number of aliphatic imine (C=N–C) groups is 1. The molecule has 0 aliphatic carbocycles. The van der Waals surface area contributed by atoms with Crippen LogP contribution in [0.5, 0.6) is 5.75 Å². The van der Waals surface area contributed by atoms with E-state index < -0.39 is 12.1 Å². The molecular weight excluding hydrogens is 385 g/mol. The number of hydrogen-bond donors (Lipinski definition) is 2. The number of amides is 1. The fourth-order valence-electron chi connectivity index (χ4n) is 3.00. The van der Waals surface area contributed by atoms with Crippen LogP contribution < -0.4 is 20.7 Å². The van der Waals surface area contributed by atoms with Crippen molar-refractivity contribution >= 4 is 23.2 Å². The molecule has 154 valence electrons. The number of alkyl halides is 3. The van der Waals surface area contributed by atoms with Gasteiger partial charge in [0.25, 0.3) is 0 Å². The number of para-hydroxylation sites is 2. The van der Waals surface area contributed by atoms with Gasteiger partial charge in [-0.15, -0.1) is 13.2 Å². The van der Waals surface area contributed by atoms with Crippen molar-refractivity contribution in [1.29, 1.82) is 0 Å². The van der Waals surface area contributed by atoms with Gasteiger partial charge in [-0.1, -0.05) is 24.3 Å². The molecule has 2 aromatic carbocycles. The lowest BCUT2D eigenvalue weighted by Gasteiger charge is -2.26. The average Bonchev–Trinajstić information content (AvgIpc) is 2.68. The summed E-state index contributed by atoms with van der Waals surface area (Å²) in [5.41, 5.74) is 7.55. The fourth-order valence-corrected chi connectivity index (χ4v) is 3.00. The molecule has 2 aromatic rings. The number of guanidine groups is 1. The number of nitrogens with one attached hydrogen (secondary N) is 1. The molecular formula is C20H21F3N4O2. The van der Waals surface area contributed by atoms with E-state index in [0.29, 0.717) is 13.0 Å². The number of piperidine rings is 1. The quantitative estimate of drug-likeness (QED) is 0.580. The monoisotopic (exact) mass is 406 g/mol. The molecule has 0 atom stereocenters. The normalized spacial score (nSPS) is 15.3. The first-order valence-corrected chi connectivity index (χ1v) is 9.13. The molecule has 1 heterocycles. The lowest BCUT2D eigenvalue weighted by atomic mass is 10.1. The average molecular weight is 406 g/mol. The van der Waals surface area contributed by atoms with Crippen molar-refractivity contribution in [3.8, 4) is 5.75 Å². The minimum absolute atomic E-state index is 0.0430. The first kappa shape index (κ1) is 20.5. The van der Waals surface area contributed by atoms with Crippen molar-refractivity contribution in [2.24, 2.45) is 10.7 Å². The smallest absolute Gasteiger partial charge is 0.404 e. The number of rotatable bonds is 5. The van der Waals surface area contributed by atoms with Crippen LogP contribution >= 0.6 is 0 Å². The highest BCUT2D eigenvalue weighted by atomic mass is 19.4. The first-order chi connectivity index (χ1) is 13.8. The van der Waals surface area contributed by atoms with E-state index in [1.54, 1.807) is 11.0 Å². The van der Waals surface area contributed by atoms with Crippen LogP contribution in [-0.2, 0) is 11.3 Å². The van der Waals surface area contributed by atoms with Crippen molar-refractivity contribution in [1.82, 2.24) is 0 Å². The van der Waals surface area contributed by atoms with Gasteiger partial charge in [-0.25, -0.2) is 4.99 Å². The Morgan fingerprint density at radius 3 is 2.55 bits per heavy atom. The van der Waals surface area contributed by atoms with Crippen LogP contribution in [0.25, 0.3) is 0 Å². The Hall–Kier alpha value is -3.23. The maximum absolute atomic E-state index is 12.5. The summed E-state index contributed by atoms with van der Waals surface area (Å²) in [6, 6.07) is 13.0.